The lowest BCUT2D eigenvalue weighted by molar-refractivity contribution is 0.354. The summed E-state index contributed by atoms with van der Waals surface area (Å²) in [6, 6.07) is 21.3. The van der Waals surface area contributed by atoms with Crippen molar-refractivity contribution >= 4 is 15.7 Å². The van der Waals surface area contributed by atoms with Crippen molar-refractivity contribution in [3.8, 4) is 11.5 Å². The second kappa shape index (κ2) is 8.35. The highest BCUT2D eigenvalue weighted by Gasteiger charge is 2.25. The van der Waals surface area contributed by atoms with Crippen LogP contribution in [0.4, 0.5) is 5.69 Å². The van der Waals surface area contributed by atoms with Gasteiger partial charge in [0.1, 0.15) is 0 Å². The fraction of sp³-hybridized carbons (Fsp3) is 0.182. The van der Waals surface area contributed by atoms with Crippen molar-refractivity contribution in [2.24, 2.45) is 0 Å². The minimum absolute atomic E-state index is 0.167. The predicted octanol–water partition coefficient (Wildman–Crippen LogP) is 4.41. The summed E-state index contributed by atoms with van der Waals surface area (Å²) >= 11 is 0. The molecular weight excluding hydrogens is 374 g/mol. The van der Waals surface area contributed by atoms with Gasteiger partial charge in [-0.1, -0.05) is 42.0 Å². The number of benzene rings is 3. The smallest absolute Gasteiger partial charge is 0.264 e. The number of anilines is 1. The standard InChI is InChI=1S/C22H23NO4S/c1-17-9-12-20(13-10-17)28(24,25)23(19-7-5-4-6-8-19)16-18-11-14-21(26-2)22(15-18)27-3/h4-15H,16H2,1-3H3. The van der Waals surface area contributed by atoms with Crippen LogP contribution in [0.5, 0.6) is 11.5 Å². The van der Waals surface area contributed by atoms with Gasteiger partial charge in [0.25, 0.3) is 10.0 Å². The normalized spacial score (nSPS) is 11.1. The Labute approximate surface area is 166 Å². The number of sulfonamides is 1. The molecule has 0 saturated heterocycles. The SMILES string of the molecule is COc1ccc(CN(c2ccccc2)S(=O)(=O)c2ccc(C)cc2)cc1OC. The number of nitrogens with zero attached hydrogens (tertiary/aromatic N) is 1. The lowest BCUT2D eigenvalue weighted by atomic mass is 10.2. The summed E-state index contributed by atoms with van der Waals surface area (Å²) in [5, 5.41) is 0. The van der Waals surface area contributed by atoms with Gasteiger partial charge in [-0.3, -0.25) is 4.31 Å². The molecule has 0 aliphatic rings. The van der Waals surface area contributed by atoms with Gasteiger partial charge in [0.2, 0.25) is 0 Å². The summed E-state index contributed by atoms with van der Waals surface area (Å²) in [5.41, 5.74) is 2.39. The average molecular weight is 397 g/mol. The molecular formula is C22H23NO4S. The van der Waals surface area contributed by atoms with E-state index in [0.29, 0.717) is 17.2 Å². The van der Waals surface area contributed by atoms with Crippen LogP contribution < -0.4 is 13.8 Å². The van der Waals surface area contributed by atoms with E-state index >= 15 is 0 Å². The van der Waals surface area contributed by atoms with E-state index in [2.05, 4.69) is 0 Å². The van der Waals surface area contributed by atoms with E-state index in [4.69, 9.17) is 9.47 Å². The molecule has 0 amide bonds. The lowest BCUT2D eigenvalue weighted by Crippen LogP contribution is -2.30. The van der Waals surface area contributed by atoms with Crippen molar-refractivity contribution in [2.45, 2.75) is 18.4 Å². The van der Waals surface area contributed by atoms with E-state index in [1.165, 1.54) is 4.31 Å². The molecule has 6 heteroatoms. The first-order valence-corrected chi connectivity index (χ1v) is 10.2. The van der Waals surface area contributed by atoms with Crippen LogP contribution in [-0.4, -0.2) is 22.6 Å². The number of hydrogen-bond acceptors (Lipinski definition) is 4. The monoisotopic (exact) mass is 397 g/mol. The van der Waals surface area contributed by atoms with Crippen LogP contribution in [0.2, 0.25) is 0 Å². The van der Waals surface area contributed by atoms with Gasteiger partial charge in [0.05, 0.1) is 31.3 Å². The summed E-state index contributed by atoms with van der Waals surface area (Å²) in [4.78, 5) is 0.252. The Kier molecular flexibility index (Phi) is 5.90. The molecule has 0 unspecified atom stereocenters. The topological polar surface area (TPSA) is 55.8 Å². The Morgan fingerprint density at radius 1 is 0.821 bits per heavy atom. The Morgan fingerprint density at radius 3 is 2.07 bits per heavy atom. The molecule has 0 atom stereocenters. The van der Waals surface area contributed by atoms with Crippen molar-refractivity contribution in [3.05, 3.63) is 83.9 Å². The minimum atomic E-state index is -3.74. The third-order valence-corrected chi connectivity index (χ3v) is 6.22. The summed E-state index contributed by atoms with van der Waals surface area (Å²) < 4.78 is 38.8. The van der Waals surface area contributed by atoms with Crippen LogP contribution in [0, 0.1) is 6.92 Å². The number of methoxy groups -OCH3 is 2. The molecule has 146 valence electrons. The van der Waals surface area contributed by atoms with Gasteiger partial charge in [-0.25, -0.2) is 8.42 Å². The molecule has 0 aliphatic carbocycles. The molecule has 3 aromatic carbocycles. The third kappa shape index (κ3) is 4.12. The summed E-state index contributed by atoms with van der Waals surface area (Å²) in [7, 11) is -0.623. The van der Waals surface area contributed by atoms with E-state index in [1.807, 2.05) is 31.2 Å². The van der Waals surface area contributed by atoms with Crippen molar-refractivity contribution < 1.29 is 17.9 Å². The highest BCUT2D eigenvalue weighted by molar-refractivity contribution is 7.92. The Morgan fingerprint density at radius 2 is 1.46 bits per heavy atom. The molecule has 0 aromatic heterocycles. The van der Waals surface area contributed by atoms with E-state index in [-0.39, 0.29) is 11.4 Å². The molecule has 0 spiro atoms. The molecule has 0 saturated carbocycles. The Balaban J connectivity index is 2.05. The number of aryl methyl sites for hydroxylation is 1. The van der Waals surface area contributed by atoms with E-state index in [9.17, 15) is 8.42 Å². The van der Waals surface area contributed by atoms with E-state index < -0.39 is 10.0 Å². The van der Waals surface area contributed by atoms with Crippen LogP contribution >= 0.6 is 0 Å². The number of rotatable bonds is 7. The van der Waals surface area contributed by atoms with Gasteiger partial charge >= 0.3 is 0 Å². The van der Waals surface area contributed by atoms with Crippen LogP contribution in [-0.2, 0) is 16.6 Å². The van der Waals surface area contributed by atoms with Crippen LogP contribution in [0.25, 0.3) is 0 Å². The molecule has 3 rings (SSSR count). The molecule has 0 bridgehead atoms. The van der Waals surface area contributed by atoms with Gasteiger partial charge < -0.3 is 9.47 Å². The first-order valence-electron chi connectivity index (χ1n) is 8.81. The largest absolute Gasteiger partial charge is 0.493 e. The second-order valence-electron chi connectivity index (χ2n) is 6.35. The highest BCUT2D eigenvalue weighted by atomic mass is 32.2. The van der Waals surface area contributed by atoms with E-state index in [0.717, 1.165) is 11.1 Å². The molecule has 0 heterocycles. The lowest BCUT2D eigenvalue weighted by Gasteiger charge is -2.25. The second-order valence-corrected chi connectivity index (χ2v) is 8.21. The fourth-order valence-corrected chi connectivity index (χ4v) is 4.34. The summed E-state index contributed by atoms with van der Waals surface area (Å²) in [6.45, 7) is 2.09. The number of para-hydroxylation sites is 1. The predicted molar refractivity (Wildman–Crippen MR) is 111 cm³/mol. The maximum atomic E-state index is 13.4. The molecule has 5 nitrogen and oxygen atoms in total. The van der Waals surface area contributed by atoms with Crippen LogP contribution in [0.15, 0.2) is 77.7 Å². The van der Waals surface area contributed by atoms with E-state index in [1.54, 1.807) is 62.8 Å². The first kappa shape index (κ1) is 19.8. The molecule has 0 N–H and O–H groups in total. The number of hydrogen-bond donors (Lipinski definition) is 0. The zero-order valence-corrected chi connectivity index (χ0v) is 16.9. The maximum Gasteiger partial charge on any atom is 0.264 e. The molecule has 28 heavy (non-hydrogen) atoms. The molecule has 0 aliphatic heterocycles. The van der Waals surface area contributed by atoms with Gasteiger partial charge in [-0.15, -0.1) is 0 Å². The third-order valence-electron chi connectivity index (χ3n) is 4.43. The van der Waals surface area contributed by atoms with Crippen LogP contribution in [0.1, 0.15) is 11.1 Å². The zero-order valence-electron chi connectivity index (χ0n) is 16.1. The van der Waals surface area contributed by atoms with Gasteiger partial charge in [0.15, 0.2) is 11.5 Å². The van der Waals surface area contributed by atoms with Gasteiger partial charge in [0, 0.05) is 0 Å². The van der Waals surface area contributed by atoms with Crippen molar-refractivity contribution in [2.75, 3.05) is 18.5 Å². The Hall–Kier alpha value is -2.99. The van der Waals surface area contributed by atoms with Crippen molar-refractivity contribution in [1.82, 2.24) is 0 Å². The van der Waals surface area contributed by atoms with Crippen molar-refractivity contribution in [3.63, 3.8) is 0 Å². The maximum absolute atomic E-state index is 13.4. The van der Waals surface area contributed by atoms with Gasteiger partial charge in [-0.2, -0.15) is 0 Å². The summed E-state index contributed by atoms with van der Waals surface area (Å²) in [5.74, 6) is 1.15. The molecule has 0 fully saturated rings. The zero-order chi connectivity index (χ0) is 20.1. The highest BCUT2D eigenvalue weighted by Crippen LogP contribution is 2.31. The first-order chi connectivity index (χ1) is 13.5. The van der Waals surface area contributed by atoms with Gasteiger partial charge in [-0.05, 0) is 48.9 Å². The molecule has 0 radical (unpaired) electrons. The van der Waals surface area contributed by atoms with Crippen LogP contribution in [0.3, 0.4) is 0 Å². The quantitative estimate of drug-likeness (QED) is 0.593. The Bertz CT molecular complexity index is 1030. The average Bonchev–Trinajstić information content (AvgIpc) is 2.72. The van der Waals surface area contributed by atoms with Crippen molar-refractivity contribution in [1.29, 1.82) is 0 Å². The fourth-order valence-electron chi connectivity index (χ4n) is 2.89. The minimum Gasteiger partial charge on any atom is -0.493 e. The number of ether oxygens (including phenoxy) is 2. The molecule has 3 aromatic rings. The summed E-state index contributed by atoms with van der Waals surface area (Å²) in [6.07, 6.45) is 0.